The zero-order valence-corrected chi connectivity index (χ0v) is 16.6. The number of likely N-dealkylation sites (tertiary alicyclic amines) is 1. The van der Waals surface area contributed by atoms with Gasteiger partial charge in [0.15, 0.2) is 0 Å². The number of rotatable bonds is 5. The van der Waals surface area contributed by atoms with Crippen molar-refractivity contribution in [3.05, 3.63) is 66.1 Å². The number of ether oxygens (including phenoxy) is 1. The molecule has 1 spiro atoms. The van der Waals surface area contributed by atoms with Crippen LogP contribution < -0.4 is 5.32 Å². The molecule has 30 heavy (non-hydrogen) atoms. The first-order valence-electron chi connectivity index (χ1n) is 10.3. The summed E-state index contributed by atoms with van der Waals surface area (Å²) in [7, 11) is 0. The van der Waals surface area contributed by atoms with Crippen LogP contribution in [0, 0.1) is 5.92 Å². The average molecular weight is 404 g/mol. The molecule has 5 rings (SSSR count). The van der Waals surface area contributed by atoms with Gasteiger partial charge in [-0.25, -0.2) is 0 Å². The molecule has 3 aromatic rings. The van der Waals surface area contributed by atoms with Crippen molar-refractivity contribution in [2.45, 2.75) is 18.4 Å². The van der Waals surface area contributed by atoms with Crippen molar-refractivity contribution < 1.29 is 14.3 Å². The van der Waals surface area contributed by atoms with Gasteiger partial charge in [-0.3, -0.25) is 14.6 Å². The summed E-state index contributed by atoms with van der Waals surface area (Å²) in [6.45, 7) is 2.49. The number of aromatic nitrogens is 2. The van der Waals surface area contributed by atoms with E-state index >= 15 is 0 Å². The third kappa shape index (κ3) is 3.35. The highest BCUT2D eigenvalue weighted by molar-refractivity contribution is 5.98. The molecular weight excluding hydrogens is 380 g/mol. The number of para-hydroxylation sites is 1. The molecule has 1 atom stereocenters. The molecule has 2 amide bonds. The minimum atomic E-state index is -0.277. The van der Waals surface area contributed by atoms with Crippen molar-refractivity contribution in [1.82, 2.24) is 20.2 Å². The molecule has 0 radical (unpaired) electrons. The summed E-state index contributed by atoms with van der Waals surface area (Å²) in [4.78, 5) is 34.1. The summed E-state index contributed by atoms with van der Waals surface area (Å²) in [6, 6.07) is 13.3. The molecule has 2 aromatic heterocycles. The van der Waals surface area contributed by atoms with Gasteiger partial charge in [0.05, 0.1) is 18.7 Å². The van der Waals surface area contributed by atoms with Gasteiger partial charge in [0.25, 0.3) is 11.8 Å². The molecule has 0 aliphatic carbocycles. The zero-order chi connectivity index (χ0) is 20.6. The highest BCUT2D eigenvalue weighted by Crippen LogP contribution is 2.42. The van der Waals surface area contributed by atoms with E-state index in [1.165, 1.54) is 0 Å². The van der Waals surface area contributed by atoms with Crippen molar-refractivity contribution in [3.8, 4) is 0 Å². The molecule has 0 saturated carbocycles. The Morgan fingerprint density at radius 2 is 2.10 bits per heavy atom. The number of H-pyrrole nitrogens is 1. The minimum absolute atomic E-state index is 0.0101. The summed E-state index contributed by atoms with van der Waals surface area (Å²) in [6.07, 6.45) is 5.00. The Balaban J connectivity index is 1.17. The van der Waals surface area contributed by atoms with E-state index in [9.17, 15) is 9.59 Å². The molecule has 0 unspecified atom stereocenters. The molecule has 1 aromatic carbocycles. The van der Waals surface area contributed by atoms with E-state index in [-0.39, 0.29) is 17.4 Å². The first-order chi connectivity index (χ1) is 14.6. The van der Waals surface area contributed by atoms with E-state index in [1.807, 2.05) is 35.2 Å². The molecule has 2 N–H and O–H groups in total. The van der Waals surface area contributed by atoms with E-state index in [0.717, 1.165) is 23.7 Å². The number of carbonyl (C=O) groups excluding carboxylic acids is 2. The van der Waals surface area contributed by atoms with E-state index in [0.29, 0.717) is 43.4 Å². The molecule has 4 heterocycles. The molecule has 2 fully saturated rings. The molecular formula is C23H24N4O3. The van der Waals surface area contributed by atoms with Crippen LogP contribution in [-0.4, -0.2) is 58.5 Å². The second-order valence-electron chi connectivity index (χ2n) is 8.12. The lowest BCUT2D eigenvalue weighted by Crippen LogP contribution is -2.66. The van der Waals surface area contributed by atoms with Gasteiger partial charge < -0.3 is 19.9 Å². The van der Waals surface area contributed by atoms with Crippen LogP contribution in [0.5, 0.6) is 0 Å². The molecule has 154 valence electrons. The van der Waals surface area contributed by atoms with Crippen LogP contribution in [0.15, 0.2) is 54.9 Å². The average Bonchev–Trinajstić information content (AvgIpc) is 3.37. The van der Waals surface area contributed by atoms with Crippen molar-refractivity contribution in [3.63, 3.8) is 0 Å². The van der Waals surface area contributed by atoms with Gasteiger partial charge in [-0.05, 0) is 43.0 Å². The molecule has 7 nitrogen and oxygen atoms in total. The number of hydrogen-bond donors (Lipinski definition) is 2. The fourth-order valence-corrected chi connectivity index (χ4v) is 4.60. The lowest BCUT2D eigenvalue weighted by Gasteiger charge is -2.50. The number of pyridine rings is 1. The maximum absolute atomic E-state index is 12.9. The smallest absolute Gasteiger partial charge is 0.270 e. The van der Waals surface area contributed by atoms with Crippen LogP contribution in [0.1, 0.15) is 33.7 Å². The summed E-state index contributed by atoms with van der Waals surface area (Å²) in [5.41, 5.74) is 1.87. The second kappa shape index (κ2) is 7.57. The van der Waals surface area contributed by atoms with Crippen LogP contribution in [0.2, 0.25) is 0 Å². The van der Waals surface area contributed by atoms with E-state index < -0.39 is 0 Å². The van der Waals surface area contributed by atoms with Crippen molar-refractivity contribution in [2.75, 3.05) is 26.2 Å². The lowest BCUT2D eigenvalue weighted by molar-refractivity contribution is -0.118. The highest BCUT2D eigenvalue weighted by Gasteiger charge is 2.54. The predicted octanol–water partition coefficient (Wildman–Crippen LogP) is 2.61. The van der Waals surface area contributed by atoms with E-state index in [2.05, 4.69) is 15.3 Å². The maximum atomic E-state index is 12.9. The largest absolute Gasteiger partial charge is 0.371 e. The third-order valence-corrected chi connectivity index (χ3v) is 6.27. The Bertz CT molecular complexity index is 1040. The number of fused-ring (bicyclic) bond motifs is 1. The number of carbonyl (C=O) groups is 2. The van der Waals surface area contributed by atoms with Gasteiger partial charge in [-0.15, -0.1) is 0 Å². The predicted molar refractivity (Wildman–Crippen MR) is 112 cm³/mol. The van der Waals surface area contributed by atoms with Crippen LogP contribution >= 0.6 is 0 Å². The Morgan fingerprint density at radius 3 is 2.90 bits per heavy atom. The SMILES string of the molecule is O=C(NCC[C@@H]1CCOC12CN(C(=O)c1cc3ccccc3[nH]1)C2)c1cccnc1. The van der Waals surface area contributed by atoms with Crippen molar-refractivity contribution in [2.24, 2.45) is 5.92 Å². The number of benzene rings is 1. The normalized spacial score (nSPS) is 19.7. The molecule has 2 aliphatic rings. The minimum Gasteiger partial charge on any atom is -0.371 e. The first-order valence-corrected chi connectivity index (χ1v) is 10.3. The molecule has 7 heteroatoms. The van der Waals surface area contributed by atoms with Gasteiger partial charge in [0.2, 0.25) is 0 Å². The fourth-order valence-electron chi connectivity index (χ4n) is 4.60. The van der Waals surface area contributed by atoms with Crippen molar-refractivity contribution >= 4 is 22.7 Å². The number of nitrogens with zero attached hydrogens (tertiary/aromatic N) is 2. The summed E-state index contributed by atoms with van der Waals surface area (Å²) in [5.74, 6) is 0.231. The quantitative estimate of drug-likeness (QED) is 0.684. The second-order valence-corrected chi connectivity index (χ2v) is 8.12. The number of aromatic amines is 1. The topological polar surface area (TPSA) is 87.3 Å². The summed E-state index contributed by atoms with van der Waals surface area (Å²) >= 11 is 0. The van der Waals surface area contributed by atoms with Gasteiger partial charge >= 0.3 is 0 Å². The van der Waals surface area contributed by atoms with E-state index in [4.69, 9.17) is 4.74 Å². The summed E-state index contributed by atoms with van der Waals surface area (Å²) < 4.78 is 6.08. The van der Waals surface area contributed by atoms with Crippen LogP contribution in [0.4, 0.5) is 0 Å². The van der Waals surface area contributed by atoms with Gasteiger partial charge in [-0.1, -0.05) is 18.2 Å². The Kier molecular flexibility index (Phi) is 4.75. The Hall–Kier alpha value is -3.19. The van der Waals surface area contributed by atoms with Crippen LogP contribution in [0.25, 0.3) is 10.9 Å². The number of nitrogens with one attached hydrogen (secondary N) is 2. The van der Waals surface area contributed by atoms with Gasteiger partial charge in [0, 0.05) is 36.4 Å². The zero-order valence-electron chi connectivity index (χ0n) is 16.6. The molecule has 0 bridgehead atoms. The van der Waals surface area contributed by atoms with Crippen molar-refractivity contribution in [1.29, 1.82) is 0 Å². The molecule has 2 aliphatic heterocycles. The van der Waals surface area contributed by atoms with Crippen LogP contribution in [-0.2, 0) is 4.74 Å². The Labute approximate surface area is 174 Å². The standard InChI is InChI=1S/C23H24N4O3/c28-21(17-5-3-9-24-13-17)25-10-7-18-8-11-30-23(18)14-27(15-23)22(29)20-12-16-4-1-2-6-19(16)26-20/h1-6,9,12-13,18,26H,7-8,10-11,14-15H2,(H,25,28)/t18-/m1/s1. The number of hydrogen-bond acceptors (Lipinski definition) is 4. The van der Waals surface area contributed by atoms with E-state index in [1.54, 1.807) is 24.5 Å². The number of amides is 2. The van der Waals surface area contributed by atoms with Gasteiger partial charge in [0.1, 0.15) is 11.3 Å². The maximum Gasteiger partial charge on any atom is 0.270 e. The fraction of sp³-hybridized carbons (Fsp3) is 0.348. The lowest BCUT2D eigenvalue weighted by atomic mass is 9.78. The highest BCUT2D eigenvalue weighted by atomic mass is 16.5. The Morgan fingerprint density at radius 1 is 1.23 bits per heavy atom. The van der Waals surface area contributed by atoms with Crippen LogP contribution in [0.3, 0.4) is 0 Å². The third-order valence-electron chi connectivity index (χ3n) is 6.27. The first kappa shape index (κ1) is 18.8. The molecule has 2 saturated heterocycles. The monoisotopic (exact) mass is 404 g/mol. The van der Waals surface area contributed by atoms with Gasteiger partial charge in [-0.2, -0.15) is 0 Å². The summed E-state index contributed by atoms with van der Waals surface area (Å²) in [5, 5.41) is 4.00.